The van der Waals surface area contributed by atoms with Crippen LogP contribution < -0.4 is 10.6 Å². The van der Waals surface area contributed by atoms with Crippen LogP contribution in [-0.4, -0.2) is 15.9 Å². The highest BCUT2D eigenvalue weighted by atomic mass is 35.6. The maximum Gasteiger partial charge on any atom is 0.228 e. The van der Waals surface area contributed by atoms with E-state index in [4.69, 9.17) is 34.8 Å². The predicted molar refractivity (Wildman–Crippen MR) is 77.1 cm³/mol. The van der Waals surface area contributed by atoms with Crippen molar-refractivity contribution in [1.82, 2.24) is 5.32 Å². The van der Waals surface area contributed by atoms with Gasteiger partial charge in [-0.05, 0) is 12.1 Å². The normalized spacial score (nSPS) is 13.2. The summed E-state index contributed by atoms with van der Waals surface area (Å²) in [7, 11) is 0. The number of alkyl halides is 3. The second-order valence-corrected chi connectivity index (χ2v) is 6.52. The molecule has 18 heavy (non-hydrogen) atoms. The molecule has 0 saturated carbocycles. The molecule has 100 valence electrons. The summed E-state index contributed by atoms with van der Waals surface area (Å²) >= 11 is 17.6. The van der Waals surface area contributed by atoms with Crippen molar-refractivity contribution in [3.05, 3.63) is 30.3 Å². The van der Waals surface area contributed by atoms with Gasteiger partial charge in [-0.2, -0.15) is 0 Å². The second-order valence-electron chi connectivity index (χ2n) is 4.15. The minimum absolute atomic E-state index is 0.183. The minimum atomic E-state index is -1.64. The first-order valence-corrected chi connectivity index (χ1v) is 6.63. The van der Waals surface area contributed by atoms with E-state index in [-0.39, 0.29) is 11.8 Å². The van der Waals surface area contributed by atoms with Gasteiger partial charge >= 0.3 is 0 Å². The lowest BCUT2D eigenvalue weighted by atomic mass is 10.2. The molecule has 1 aromatic rings. The van der Waals surface area contributed by atoms with E-state index in [1.807, 2.05) is 30.3 Å². The highest BCUT2D eigenvalue weighted by Crippen LogP contribution is 2.31. The number of amides is 1. The Morgan fingerprint density at radius 2 is 1.72 bits per heavy atom. The Hall–Kier alpha value is -0.640. The zero-order valence-electron chi connectivity index (χ0n) is 10.1. The molecule has 0 bridgehead atoms. The number of anilines is 1. The third-order valence-corrected chi connectivity index (χ3v) is 2.88. The van der Waals surface area contributed by atoms with Crippen molar-refractivity contribution in [2.45, 2.75) is 23.8 Å². The van der Waals surface area contributed by atoms with Crippen molar-refractivity contribution >= 4 is 46.4 Å². The molecule has 0 spiro atoms. The number of nitrogens with one attached hydrogen (secondary N) is 2. The number of rotatable bonds is 4. The lowest BCUT2D eigenvalue weighted by molar-refractivity contribution is -0.124. The maximum absolute atomic E-state index is 11.7. The first-order valence-electron chi connectivity index (χ1n) is 5.49. The minimum Gasteiger partial charge on any atom is -0.362 e. The van der Waals surface area contributed by atoms with Gasteiger partial charge in [-0.25, -0.2) is 0 Å². The van der Waals surface area contributed by atoms with Crippen LogP contribution in [0.3, 0.4) is 0 Å². The third kappa shape index (κ3) is 4.92. The van der Waals surface area contributed by atoms with Crippen molar-refractivity contribution < 1.29 is 4.79 Å². The van der Waals surface area contributed by atoms with Crippen LogP contribution in [0.15, 0.2) is 30.3 Å². The van der Waals surface area contributed by atoms with Gasteiger partial charge in [0.25, 0.3) is 0 Å². The summed E-state index contributed by atoms with van der Waals surface area (Å²) in [5.74, 6) is -0.368. The summed E-state index contributed by atoms with van der Waals surface area (Å²) in [6.45, 7) is 3.54. The average molecular weight is 310 g/mol. The van der Waals surface area contributed by atoms with Gasteiger partial charge in [0.2, 0.25) is 9.70 Å². The Bertz CT molecular complexity index is 390. The molecule has 6 heteroatoms. The highest BCUT2D eigenvalue weighted by Gasteiger charge is 2.34. The van der Waals surface area contributed by atoms with Crippen LogP contribution in [0.1, 0.15) is 13.8 Å². The van der Waals surface area contributed by atoms with Crippen molar-refractivity contribution in [2.24, 2.45) is 5.92 Å². The Kier molecular flexibility index (Phi) is 5.57. The second kappa shape index (κ2) is 6.50. The first kappa shape index (κ1) is 15.4. The topological polar surface area (TPSA) is 41.1 Å². The van der Waals surface area contributed by atoms with Gasteiger partial charge in [-0.15, -0.1) is 0 Å². The van der Waals surface area contributed by atoms with E-state index in [9.17, 15) is 4.79 Å². The first-order chi connectivity index (χ1) is 8.30. The number of carbonyl (C=O) groups is 1. The summed E-state index contributed by atoms with van der Waals surface area (Å²) in [4.78, 5) is 11.7. The van der Waals surface area contributed by atoms with Gasteiger partial charge in [-0.1, -0.05) is 66.8 Å². The lowest BCUT2D eigenvalue weighted by Gasteiger charge is -2.28. The van der Waals surface area contributed by atoms with Gasteiger partial charge < -0.3 is 10.6 Å². The number of hydrogen-bond donors (Lipinski definition) is 2. The van der Waals surface area contributed by atoms with Crippen molar-refractivity contribution in [3.63, 3.8) is 0 Å². The molecule has 0 saturated heterocycles. The summed E-state index contributed by atoms with van der Waals surface area (Å²) < 4.78 is -1.64. The molecule has 1 amide bonds. The molecule has 0 fully saturated rings. The smallest absolute Gasteiger partial charge is 0.228 e. The number of carbonyl (C=O) groups excluding carboxylic acids is 1. The van der Waals surface area contributed by atoms with Crippen LogP contribution in [0.4, 0.5) is 5.69 Å². The zero-order valence-corrected chi connectivity index (χ0v) is 12.4. The van der Waals surface area contributed by atoms with Crippen molar-refractivity contribution in [1.29, 1.82) is 0 Å². The molecule has 0 heterocycles. The van der Waals surface area contributed by atoms with Crippen LogP contribution in [0.2, 0.25) is 0 Å². The largest absolute Gasteiger partial charge is 0.362 e. The van der Waals surface area contributed by atoms with Gasteiger partial charge in [0.1, 0.15) is 6.17 Å². The Morgan fingerprint density at radius 1 is 1.17 bits per heavy atom. The lowest BCUT2D eigenvalue weighted by Crippen LogP contribution is -2.50. The van der Waals surface area contributed by atoms with E-state index in [0.29, 0.717) is 0 Å². The standard InChI is InChI=1S/C12H15Cl3N2O/c1-8(2)10(18)17-11(12(13,14)15)16-9-6-4-3-5-7-9/h3-8,11,16H,1-2H3,(H,17,18)/t11-/m0/s1. The predicted octanol–water partition coefficient (Wildman–Crippen LogP) is 3.57. The molecule has 0 aliphatic heterocycles. The number of hydrogen-bond acceptors (Lipinski definition) is 2. The Balaban J connectivity index is 2.77. The molecule has 0 aromatic heterocycles. The van der Waals surface area contributed by atoms with Crippen molar-refractivity contribution in [3.8, 4) is 0 Å². The molecular weight excluding hydrogens is 295 g/mol. The third-order valence-electron chi connectivity index (χ3n) is 2.22. The summed E-state index contributed by atoms with van der Waals surface area (Å²) in [5.41, 5.74) is 0.762. The Labute approximate surface area is 122 Å². The van der Waals surface area contributed by atoms with E-state index in [0.717, 1.165) is 5.69 Å². The fraction of sp³-hybridized carbons (Fsp3) is 0.417. The average Bonchev–Trinajstić information content (AvgIpc) is 2.28. The summed E-state index contributed by atoms with van der Waals surface area (Å²) in [5, 5.41) is 5.64. The SMILES string of the molecule is CC(C)C(=O)N[C@H](Nc1ccccc1)C(Cl)(Cl)Cl. The van der Waals surface area contributed by atoms with Crippen LogP contribution in [0.25, 0.3) is 0 Å². The Morgan fingerprint density at radius 3 is 2.17 bits per heavy atom. The van der Waals surface area contributed by atoms with E-state index in [1.165, 1.54) is 0 Å². The maximum atomic E-state index is 11.7. The van der Waals surface area contributed by atoms with E-state index >= 15 is 0 Å². The fourth-order valence-corrected chi connectivity index (χ4v) is 1.54. The molecule has 2 N–H and O–H groups in total. The molecule has 0 unspecified atom stereocenters. The van der Waals surface area contributed by atoms with Crippen LogP contribution in [-0.2, 0) is 4.79 Å². The van der Waals surface area contributed by atoms with E-state index in [2.05, 4.69) is 10.6 Å². The van der Waals surface area contributed by atoms with Crippen molar-refractivity contribution in [2.75, 3.05) is 5.32 Å². The summed E-state index contributed by atoms with van der Waals surface area (Å²) in [6.07, 6.45) is -0.792. The number of para-hydroxylation sites is 1. The quantitative estimate of drug-likeness (QED) is 0.659. The van der Waals surface area contributed by atoms with Gasteiger partial charge in [0.05, 0.1) is 0 Å². The molecule has 1 atom stereocenters. The molecule has 0 radical (unpaired) electrons. The fourth-order valence-electron chi connectivity index (χ4n) is 1.21. The van der Waals surface area contributed by atoms with E-state index < -0.39 is 9.96 Å². The van der Waals surface area contributed by atoms with Gasteiger partial charge in [0, 0.05) is 11.6 Å². The number of benzene rings is 1. The van der Waals surface area contributed by atoms with Crippen LogP contribution >= 0.6 is 34.8 Å². The molecule has 0 aliphatic carbocycles. The molecule has 0 aliphatic rings. The molecule has 1 rings (SSSR count). The highest BCUT2D eigenvalue weighted by molar-refractivity contribution is 6.68. The monoisotopic (exact) mass is 308 g/mol. The molecule has 1 aromatic carbocycles. The number of halogens is 3. The molecular formula is C12H15Cl3N2O. The van der Waals surface area contributed by atoms with Gasteiger partial charge in [-0.3, -0.25) is 4.79 Å². The van der Waals surface area contributed by atoms with Crippen LogP contribution in [0.5, 0.6) is 0 Å². The zero-order chi connectivity index (χ0) is 13.8. The van der Waals surface area contributed by atoms with Gasteiger partial charge in [0.15, 0.2) is 0 Å². The van der Waals surface area contributed by atoms with Crippen LogP contribution in [0, 0.1) is 5.92 Å². The molecule has 3 nitrogen and oxygen atoms in total. The summed E-state index contributed by atoms with van der Waals surface area (Å²) in [6, 6.07) is 9.22. The van der Waals surface area contributed by atoms with E-state index in [1.54, 1.807) is 13.8 Å².